The molecule has 1 aliphatic heterocycles. The van der Waals surface area contributed by atoms with Gasteiger partial charge < -0.3 is 5.32 Å². The smallest absolute Gasteiger partial charge is 0.156 e. The lowest BCUT2D eigenvalue weighted by Crippen LogP contribution is -2.21. The maximum Gasteiger partial charge on any atom is 0.156 e. The highest BCUT2D eigenvalue weighted by Gasteiger charge is 2.32. The van der Waals surface area contributed by atoms with E-state index in [1.165, 1.54) is 16.8 Å². The predicted octanol–water partition coefficient (Wildman–Crippen LogP) is 3.01. The summed E-state index contributed by atoms with van der Waals surface area (Å²) in [6.07, 6.45) is 3.20. The predicted molar refractivity (Wildman–Crippen MR) is 65.3 cm³/mol. The zero-order valence-corrected chi connectivity index (χ0v) is 9.42. The first kappa shape index (κ1) is 9.64. The van der Waals surface area contributed by atoms with E-state index < -0.39 is 0 Å². The summed E-state index contributed by atoms with van der Waals surface area (Å²) in [6.45, 7) is 1.69. The molecular formula is C14H15NO. The molecule has 0 saturated heterocycles. The molecule has 0 amide bonds. The fourth-order valence-corrected chi connectivity index (χ4v) is 2.86. The molecule has 1 unspecified atom stereocenters. The van der Waals surface area contributed by atoms with Crippen LogP contribution in [0.5, 0.6) is 0 Å². The van der Waals surface area contributed by atoms with Crippen molar-refractivity contribution in [3.8, 4) is 0 Å². The number of carbonyl (C=O) groups is 1. The van der Waals surface area contributed by atoms with Crippen LogP contribution >= 0.6 is 0 Å². The summed E-state index contributed by atoms with van der Waals surface area (Å²) in [4.78, 5) is 11.7. The summed E-state index contributed by atoms with van der Waals surface area (Å²) in [7, 11) is 0. The highest BCUT2D eigenvalue weighted by atomic mass is 16.1. The van der Waals surface area contributed by atoms with Gasteiger partial charge in [0.2, 0.25) is 0 Å². The van der Waals surface area contributed by atoms with Crippen LogP contribution in [-0.4, -0.2) is 11.8 Å². The minimum absolute atomic E-state index is 0.234. The number of Topliss-reactive ketones (excluding diaryl/α,β-unsaturated/α-hetero) is 1. The van der Waals surface area contributed by atoms with E-state index in [0.717, 1.165) is 24.8 Å². The minimum Gasteiger partial charge on any atom is -0.378 e. The van der Waals surface area contributed by atoms with E-state index in [9.17, 15) is 4.79 Å². The van der Waals surface area contributed by atoms with Crippen LogP contribution in [0.3, 0.4) is 0 Å². The molecule has 3 rings (SSSR count). The lowest BCUT2D eigenvalue weighted by Gasteiger charge is -2.22. The molecule has 2 heteroatoms. The highest BCUT2D eigenvalue weighted by Crippen LogP contribution is 2.42. The molecule has 1 aromatic rings. The molecular weight excluding hydrogens is 198 g/mol. The van der Waals surface area contributed by atoms with E-state index in [2.05, 4.69) is 17.4 Å². The monoisotopic (exact) mass is 213 g/mol. The number of para-hydroxylation sites is 1. The SMILES string of the molecule is CC(=O)C1=C2c3ccccc3NC2CCC1. The van der Waals surface area contributed by atoms with Crippen LogP contribution in [0, 0.1) is 0 Å². The first-order valence-corrected chi connectivity index (χ1v) is 5.87. The van der Waals surface area contributed by atoms with Crippen LogP contribution in [0.25, 0.3) is 5.57 Å². The number of hydrogen-bond donors (Lipinski definition) is 1. The van der Waals surface area contributed by atoms with E-state index in [1.54, 1.807) is 6.92 Å². The van der Waals surface area contributed by atoms with Gasteiger partial charge in [0.1, 0.15) is 0 Å². The molecule has 0 fully saturated rings. The van der Waals surface area contributed by atoms with Crippen LogP contribution in [0.4, 0.5) is 5.69 Å². The zero-order valence-electron chi connectivity index (χ0n) is 9.42. The van der Waals surface area contributed by atoms with Crippen molar-refractivity contribution >= 4 is 17.0 Å². The van der Waals surface area contributed by atoms with Crippen molar-refractivity contribution < 1.29 is 4.79 Å². The van der Waals surface area contributed by atoms with Gasteiger partial charge in [-0.1, -0.05) is 18.2 Å². The lowest BCUT2D eigenvalue weighted by molar-refractivity contribution is -0.113. The number of allylic oxidation sites excluding steroid dienone is 1. The van der Waals surface area contributed by atoms with Gasteiger partial charge in [-0.05, 0) is 37.8 Å². The van der Waals surface area contributed by atoms with Crippen molar-refractivity contribution in [3.05, 3.63) is 35.4 Å². The number of carbonyl (C=O) groups excluding carboxylic acids is 1. The van der Waals surface area contributed by atoms with Crippen molar-refractivity contribution in [2.45, 2.75) is 32.2 Å². The fraction of sp³-hybridized carbons (Fsp3) is 0.357. The Balaban J connectivity index is 2.20. The largest absolute Gasteiger partial charge is 0.378 e. The van der Waals surface area contributed by atoms with Gasteiger partial charge in [-0.2, -0.15) is 0 Å². The van der Waals surface area contributed by atoms with Gasteiger partial charge >= 0.3 is 0 Å². The van der Waals surface area contributed by atoms with Gasteiger partial charge in [-0.25, -0.2) is 0 Å². The number of benzene rings is 1. The number of ketones is 1. The summed E-state index contributed by atoms with van der Waals surface area (Å²) in [5.74, 6) is 0.234. The van der Waals surface area contributed by atoms with Gasteiger partial charge in [0.15, 0.2) is 5.78 Å². The van der Waals surface area contributed by atoms with Crippen LogP contribution in [0.1, 0.15) is 31.7 Å². The zero-order chi connectivity index (χ0) is 11.1. The number of fused-ring (bicyclic) bond motifs is 3. The van der Waals surface area contributed by atoms with Crippen molar-refractivity contribution in [2.24, 2.45) is 0 Å². The summed E-state index contributed by atoms with van der Waals surface area (Å²) >= 11 is 0. The Morgan fingerprint density at radius 1 is 1.38 bits per heavy atom. The second-order valence-electron chi connectivity index (χ2n) is 4.58. The average Bonchev–Trinajstić information content (AvgIpc) is 2.66. The minimum atomic E-state index is 0.234. The highest BCUT2D eigenvalue weighted by molar-refractivity contribution is 6.05. The molecule has 2 aliphatic rings. The second kappa shape index (κ2) is 3.48. The summed E-state index contributed by atoms with van der Waals surface area (Å²) in [5.41, 5.74) is 4.71. The first-order valence-electron chi connectivity index (χ1n) is 5.87. The molecule has 0 aromatic heterocycles. The van der Waals surface area contributed by atoms with Crippen molar-refractivity contribution in [2.75, 3.05) is 5.32 Å². The van der Waals surface area contributed by atoms with Crippen LogP contribution in [-0.2, 0) is 4.79 Å². The molecule has 0 saturated carbocycles. The third-order valence-electron chi connectivity index (χ3n) is 3.57. The Morgan fingerprint density at radius 2 is 2.19 bits per heavy atom. The number of rotatable bonds is 1. The van der Waals surface area contributed by atoms with Crippen molar-refractivity contribution in [1.82, 2.24) is 0 Å². The van der Waals surface area contributed by atoms with Crippen molar-refractivity contribution in [3.63, 3.8) is 0 Å². The third-order valence-corrected chi connectivity index (χ3v) is 3.57. The number of nitrogens with one attached hydrogen (secondary N) is 1. The second-order valence-corrected chi connectivity index (χ2v) is 4.58. The molecule has 1 aromatic carbocycles. The van der Waals surface area contributed by atoms with E-state index >= 15 is 0 Å². The molecule has 0 radical (unpaired) electrons. The Labute approximate surface area is 95.4 Å². The Hall–Kier alpha value is -1.57. The topological polar surface area (TPSA) is 29.1 Å². The Morgan fingerprint density at radius 3 is 3.00 bits per heavy atom. The molecule has 1 atom stereocenters. The van der Waals surface area contributed by atoms with Crippen LogP contribution < -0.4 is 5.32 Å². The molecule has 1 N–H and O–H groups in total. The van der Waals surface area contributed by atoms with Gasteiger partial charge in [0, 0.05) is 16.8 Å². The third kappa shape index (κ3) is 1.29. The van der Waals surface area contributed by atoms with E-state index in [1.807, 2.05) is 12.1 Å². The molecule has 16 heavy (non-hydrogen) atoms. The normalized spacial score (nSPS) is 22.4. The first-order chi connectivity index (χ1) is 7.77. The molecule has 1 aliphatic carbocycles. The quantitative estimate of drug-likeness (QED) is 0.777. The molecule has 0 bridgehead atoms. The van der Waals surface area contributed by atoms with Crippen molar-refractivity contribution in [1.29, 1.82) is 0 Å². The number of anilines is 1. The Bertz CT molecular complexity index is 487. The maximum atomic E-state index is 11.7. The van der Waals surface area contributed by atoms with Crippen LogP contribution in [0.2, 0.25) is 0 Å². The van der Waals surface area contributed by atoms with Gasteiger partial charge in [0.25, 0.3) is 0 Å². The van der Waals surface area contributed by atoms with Gasteiger partial charge in [-0.3, -0.25) is 4.79 Å². The molecule has 82 valence electrons. The molecule has 2 nitrogen and oxygen atoms in total. The average molecular weight is 213 g/mol. The van der Waals surface area contributed by atoms with E-state index in [-0.39, 0.29) is 5.78 Å². The molecule has 0 spiro atoms. The fourth-order valence-electron chi connectivity index (χ4n) is 2.86. The summed E-state index contributed by atoms with van der Waals surface area (Å²) in [6, 6.07) is 8.66. The summed E-state index contributed by atoms with van der Waals surface area (Å²) in [5, 5.41) is 3.51. The van der Waals surface area contributed by atoms with Crippen LogP contribution in [0.15, 0.2) is 29.8 Å². The van der Waals surface area contributed by atoms with Gasteiger partial charge in [0.05, 0.1) is 6.04 Å². The van der Waals surface area contributed by atoms with E-state index in [0.29, 0.717) is 6.04 Å². The number of hydrogen-bond acceptors (Lipinski definition) is 2. The lowest BCUT2D eigenvalue weighted by atomic mass is 9.84. The van der Waals surface area contributed by atoms with E-state index in [4.69, 9.17) is 0 Å². The molecule has 1 heterocycles. The Kier molecular flexibility index (Phi) is 2.10. The standard InChI is InChI=1S/C14H15NO/c1-9(16)10-6-4-8-13-14(10)11-5-2-3-7-12(11)15-13/h2-3,5,7,13,15H,4,6,8H2,1H3. The van der Waals surface area contributed by atoms with Gasteiger partial charge in [-0.15, -0.1) is 0 Å². The summed E-state index contributed by atoms with van der Waals surface area (Å²) < 4.78 is 0. The maximum absolute atomic E-state index is 11.7.